The van der Waals surface area contributed by atoms with Crippen molar-refractivity contribution in [2.24, 2.45) is 0 Å². The first-order valence-electron chi connectivity index (χ1n) is 7.19. The summed E-state index contributed by atoms with van der Waals surface area (Å²) in [6.07, 6.45) is 2.96. The third-order valence-electron chi connectivity index (χ3n) is 3.13. The van der Waals surface area contributed by atoms with Gasteiger partial charge in [0.05, 0.1) is 26.1 Å². The van der Waals surface area contributed by atoms with Gasteiger partial charge in [-0.25, -0.2) is 9.97 Å². The number of nitrogens with one attached hydrogen (secondary N) is 2. The lowest BCUT2D eigenvalue weighted by molar-refractivity contribution is 0.0945. The van der Waals surface area contributed by atoms with Crippen molar-refractivity contribution in [3.05, 3.63) is 47.9 Å². The molecule has 2 aromatic rings. The molecule has 1 aromatic carbocycles. The summed E-state index contributed by atoms with van der Waals surface area (Å²) in [5.74, 6) is 1.05. The Kier molecular flexibility index (Phi) is 6.31. The Balaban J connectivity index is 1.90. The molecule has 7 heteroatoms. The lowest BCUT2D eigenvalue weighted by atomic mass is 10.2. The Bertz CT molecular complexity index is 631. The Labute approximate surface area is 135 Å². The van der Waals surface area contributed by atoms with Crippen molar-refractivity contribution in [3.63, 3.8) is 0 Å². The van der Waals surface area contributed by atoms with Crippen LogP contribution in [0.3, 0.4) is 0 Å². The summed E-state index contributed by atoms with van der Waals surface area (Å²) in [5, 5.41) is 5.84. The quantitative estimate of drug-likeness (QED) is 0.718. The number of methoxy groups -OCH3 is 2. The van der Waals surface area contributed by atoms with Crippen LogP contribution in [-0.4, -0.2) is 43.2 Å². The average molecular weight is 316 g/mol. The summed E-state index contributed by atoms with van der Waals surface area (Å²) in [6, 6.07) is 7.52. The van der Waals surface area contributed by atoms with Crippen molar-refractivity contribution in [1.82, 2.24) is 15.3 Å². The Morgan fingerprint density at radius 1 is 1.17 bits per heavy atom. The summed E-state index contributed by atoms with van der Waals surface area (Å²) in [5.41, 5.74) is 1.16. The van der Waals surface area contributed by atoms with Gasteiger partial charge in [0.1, 0.15) is 17.3 Å². The van der Waals surface area contributed by atoms with E-state index in [0.717, 1.165) is 11.3 Å². The average Bonchev–Trinajstić information content (AvgIpc) is 2.60. The number of carbonyl (C=O) groups is 1. The van der Waals surface area contributed by atoms with Crippen molar-refractivity contribution in [2.45, 2.75) is 6.54 Å². The number of rotatable bonds is 8. The molecule has 1 heterocycles. The summed E-state index contributed by atoms with van der Waals surface area (Å²) in [4.78, 5) is 20.3. The van der Waals surface area contributed by atoms with Crippen LogP contribution in [0, 0.1) is 0 Å². The molecule has 2 N–H and O–H groups in total. The molecule has 1 amide bonds. The predicted molar refractivity (Wildman–Crippen MR) is 86.6 cm³/mol. The number of anilines is 1. The van der Waals surface area contributed by atoms with Gasteiger partial charge in [-0.2, -0.15) is 0 Å². The first-order chi connectivity index (χ1) is 11.2. The fraction of sp³-hybridized carbons (Fsp3) is 0.312. The molecule has 0 saturated heterocycles. The van der Waals surface area contributed by atoms with Gasteiger partial charge in [-0.15, -0.1) is 0 Å². The van der Waals surface area contributed by atoms with Crippen molar-refractivity contribution in [1.29, 1.82) is 0 Å². The van der Waals surface area contributed by atoms with Crippen LogP contribution < -0.4 is 15.4 Å². The van der Waals surface area contributed by atoms with Crippen LogP contribution in [-0.2, 0) is 11.3 Å². The highest BCUT2D eigenvalue weighted by atomic mass is 16.5. The molecule has 0 aliphatic rings. The molecule has 0 aliphatic carbocycles. The standard InChI is InChI=1S/C16H20N4O3/c1-22-8-7-17-15-11-18-13(10-19-15)16(21)20-9-12-5-3-4-6-14(12)23-2/h3-6,10-11H,7-9H2,1-2H3,(H,17,19)(H,20,21). The fourth-order valence-electron chi connectivity index (χ4n) is 1.93. The van der Waals surface area contributed by atoms with Gasteiger partial charge >= 0.3 is 0 Å². The number of hydrogen-bond donors (Lipinski definition) is 2. The smallest absolute Gasteiger partial charge is 0.271 e. The Hall–Kier alpha value is -2.67. The van der Waals surface area contributed by atoms with Crippen LogP contribution in [0.2, 0.25) is 0 Å². The van der Waals surface area contributed by atoms with Crippen LogP contribution >= 0.6 is 0 Å². The SMILES string of the molecule is COCCNc1cnc(C(=O)NCc2ccccc2OC)cn1. The van der Waals surface area contributed by atoms with Gasteiger partial charge in [-0.1, -0.05) is 18.2 Å². The zero-order chi connectivity index (χ0) is 16.5. The normalized spacial score (nSPS) is 10.2. The van der Waals surface area contributed by atoms with Gasteiger partial charge in [-0.3, -0.25) is 4.79 Å². The second kappa shape index (κ2) is 8.70. The van der Waals surface area contributed by atoms with Crippen LogP contribution in [0.1, 0.15) is 16.1 Å². The predicted octanol–water partition coefficient (Wildman–Crippen LogP) is 1.47. The van der Waals surface area contributed by atoms with E-state index in [1.165, 1.54) is 12.4 Å². The molecular formula is C16H20N4O3. The van der Waals surface area contributed by atoms with E-state index in [4.69, 9.17) is 9.47 Å². The molecule has 0 aliphatic heterocycles. The first kappa shape index (κ1) is 16.7. The number of aromatic nitrogens is 2. The molecular weight excluding hydrogens is 296 g/mol. The fourth-order valence-corrected chi connectivity index (χ4v) is 1.93. The molecule has 0 radical (unpaired) electrons. The van der Waals surface area contributed by atoms with Gasteiger partial charge in [0.25, 0.3) is 5.91 Å². The summed E-state index contributed by atoms with van der Waals surface area (Å²) >= 11 is 0. The minimum atomic E-state index is -0.285. The van der Waals surface area contributed by atoms with Gasteiger partial charge in [0, 0.05) is 25.8 Å². The molecule has 23 heavy (non-hydrogen) atoms. The molecule has 0 atom stereocenters. The van der Waals surface area contributed by atoms with Crippen LogP contribution in [0.4, 0.5) is 5.82 Å². The highest BCUT2D eigenvalue weighted by Crippen LogP contribution is 2.16. The van der Waals surface area contributed by atoms with Crippen molar-refractivity contribution in [3.8, 4) is 5.75 Å². The lowest BCUT2D eigenvalue weighted by Crippen LogP contribution is -2.24. The molecule has 0 unspecified atom stereocenters. The zero-order valence-corrected chi connectivity index (χ0v) is 13.2. The largest absolute Gasteiger partial charge is 0.496 e. The Morgan fingerprint density at radius 3 is 2.70 bits per heavy atom. The highest BCUT2D eigenvalue weighted by Gasteiger charge is 2.09. The molecule has 0 fully saturated rings. The van der Waals surface area contributed by atoms with E-state index in [-0.39, 0.29) is 11.6 Å². The number of nitrogens with zero attached hydrogens (tertiary/aromatic N) is 2. The van der Waals surface area contributed by atoms with E-state index in [1.807, 2.05) is 24.3 Å². The summed E-state index contributed by atoms with van der Waals surface area (Å²) in [6.45, 7) is 1.56. The number of amides is 1. The monoisotopic (exact) mass is 316 g/mol. The third kappa shape index (κ3) is 4.93. The van der Waals surface area contributed by atoms with E-state index in [9.17, 15) is 4.79 Å². The molecule has 0 saturated carbocycles. The number of para-hydroxylation sites is 1. The topological polar surface area (TPSA) is 85.4 Å². The van der Waals surface area contributed by atoms with Gasteiger partial charge in [0.15, 0.2) is 0 Å². The van der Waals surface area contributed by atoms with Crippen molar-refractivity contribution in [2.75, 3.05) is 32.7 Å². The second-order valence-corrected chi connectivity index (χ2v) is 4.70. The van der Waals surface area contributed by atoms with E-state index in [2.05, 4.69) is 20.6 Å². The van der Waals surface area contributed by atoms with E-state index < -0.39 is 0 Å². The molecule has 122 valence electrons. The van der Waals surface area contributed by atoms with Gasteiger partial charge in [-0.05, 0) is 6.07 Å². The van der Waals surface area contributed by atoms with E-state index in [0.29, 0.717) is 25.5 Å². The molecule has 0 bridgehead atoms. The van der Waals surface area contributed by atoms with Crippen molar-refractivity contribution < 1.29 is 14.3 Å². The minimum absolute atomic E-state index is 0.261. The zero-order valence-electron chi connectivity index (χ0n) is 13.2. The molecule has 1 aromatic heterocycles. The number of hydrogen-bond acceptors (Lipinski definition) is 6. The molecule has 7 nitrogen and oxygen atoms in total. The highest BCUT2D eigenvalue weighted by molar-refractivity contribution is 5.92. The number of ether oxygens (including phenoxy) is 2. The van der Waals surface area contributed by atoms with E-state index >= 15 is 0 Å². The number of benzene rings is 1. The Morgan fingerprint density at radius 2 is 2.00 bits per heavy atom. The maximum absolute atomic E-state index is 12.1. The van der Waals surface area contributed by atoms with Crippen molar-refractivity contribution >= 4 is 11.7 Å². The molecule has 0 spiro atoms. The minimum Gasteiger partial charge on any atom is -0.496 e. The second-order valence-electron chi connectivity index (χ2n) is 4.70. The van der Waals surface area contributed by atoms with Crippen LogP contribution in [0.5, 0.6) is 5.75 Å². The van der Waals surface area contributed by atoms with E-state index in [1.54, 1.807) is 14.2 Å². The summed E-state index contributed by atoms with van der Waals surface area (Å²) < 4.78 is 10.2. The van der Waals surface area contributed by atoms with Crippen LogP contribution in [0.25, 0.3) is 0 Å². The first-order valence-corrected chi connectivity index (χ1v) is 7.19. The maximum atomic E-state index is 12.1. The van der Waals surface area contributed by atoms with Gasteiger partial charge < -0.3 is 20.1 Å². The third-order valence-corrected chi connectivity index (χ3v) is 3.13. The van der Waals surface area contributed by atoms with Crippen LogP contribution in [0.15, 0.2) is 36.7 Å². The maximum Gasteiger partial charge on any atom is 0.271 e. The number of carbonyl (C=O) groups excluding carboxylic acids is 1. The van der Waals surface area contributed by atoms with Gasteiger partial charge in [0.2, 0.25) is 0 Å². The molecule has 2 rings (SSSR count). The lowest BCUT2D eigenvalue weighted by Gasteiger charge is -2.09. The summed E-state index contributed by atoms with van der Waals surface area (Å²) in [7, 11) is 3.23.